The van der Waals surface area contributed by atoms with Crippen LogP contribution >= 0.6 is 0 Å². The molecule has 0 spiro atoms. The molecule has 0 saturated heterocycles. The van der Waals surface area contributed by atoms with Crippen LogP contribution in [-0.2, 0) is 17.6 Å². The fourth-order valence-corrected chi connectivity index (χ4v) is 2.85. The molecule has 0 aliphatic carbocycles. The molecule has 0 aromatic heterocycles. The monoisotopic (exact) mass is 339 g/mol. The second-order valence-electron chi connectivity index (χ2n) is 5.15. The van der Waals surface area contributed by atoms with E-state index < -0.39 is 11.1 Å². The van der Waals surface area contributed by atoms with E-state index in [1.807, 2.05) is 60.7 Å². The largest absolute Gasteiger partial charge is 0.457 e. The summed E-state index contributed by atoms with van der Waals surface area (Å²) in [5, 5.41) is 3.25. The summed E-state index contributed by atoms with van der Waals surface area (Å²) in [6.45, 7) is 0.428. The van der Waals surface area contributed by atoms with Gasteiger partial charge in [0.05, 0.1) is 4.90 Å². The normalized spacial score (nSPS) is 11.7. The van der Waals surface area contributed by atoms with E-state index in [9.17, 15) is 8.76 Å². The molecule has 3 rings (SSSR count). The Hall–Kier alpha value is -2.63. The summed E-state index contributed by atoms with van der Waals surface area (Å²) < 4.78 is 26.8. The van der Waals surface area contributed by atoms with Gasteiger partial charge in [0.25, 0.3) is 0 Å². The zero-order valence-electron chi connectivity index (χ0n) is 12.9. The topological polar surface area (TPSA) is 58.6 Å². The molecule has 0 radical (unpaired) electrons. The number of hydrogen-bond donors (Lipinski definition) is 2. The number of nitrogens with one attached hydrogen (secondary N) is 1. The maximum Gasteiger partial charge on any atom is 0.186 e. The average molecular weight is 339 g/mol. The Balaban J connectivity index is 1.82. The standard InChI is InChI=1S/C19H17NO3S/c21-24(22)19-12-11-18(23-17-9-5-2-6-10-17)13-15(19)14-20-16-7-3-1-4-8-16/h1-13,20H,14H2,(H,21,22). The van der Waals surface area contributed by atoms with Crippen molar-refractivity contribution in [3.8, 4) is 11.5 Å². The Morgan fingerprint density at radius 2 is 1.54 bits per heavy atom. The third-order valence-corrected chi connectivity index (χ3v) is 4.23. The Morgan fingerprint density at radius 1 is 0.875 bits per heavy atom. The third kappa shape index (κ3) is 4.22. The van der Waals surface area contributed by atoms with Gasteiger partial charge in [0.2, 0.25) is 0 Å². The number of rotatable bonds is 6. The Morgan fingerprint density at radius 3 is 2.21 bits per heavy atom. The van der Waals surface area contributed by atoms with Crippen LogP contribution in [0.3, 0.4) is 0 Å². The minimum absolute atomic E-state index is 0.374. The molecule has 4 nitrogen and oxygen atoms in total. The summed E-state index contributed by atoms with van der Waals surface area (Å²) >= 11 is -2.05. The molecular formula is C19H17NO3S. The molecule has 0 bridgehead atoms. The van der Waals surface area contributed by atoms with Crippen LogP contribution in [-0.4, -0.2) is 8.76 Å². The molecule has 1 unspecified atom stereocenters. The molecule has 5 heteroatoms. The van der Waals surface area contributed by atoms with Crippen LogP contribution in [0.1, 0.15) is 5.56 Å². The van der Waals surface area contributed by atoms with Gasteiger partial charge in [-0.15, -0.1) is 0 Å². The first-order valence-electron chi connectivity index (χ1n) is 7.48. The quantitative estimate of drug-likeness (QED) is 0.641. The van der Waals surface area contributed by atoms with Crippen LogP contribution in [0.15, 0.2) is 83.8 Å². The predicted octanol–water partition coefficient (Wildman–Crippen LogP) is 4.67. The smallest absolute Gasteiger partial charge is 0.186 e. The van der Waals surface area contributed by atoms with E-state index in [1.54, 1.807) is 18.2 Å². The van der Waals surface area contributed by atoms with Gasteiger partial charge < -0.3 is 14.6 Å². The van der Waals surface area contributed by atoms with Crippen LogP contribution < -0.4 is 10.1 Å². The molecule has 0 amide bonds. The first-order valence-corrected chi connectivity index (χ1v) is 8.58. The van der Waals surface area contributed by atoms with Crippen molar-refractivity contribution in [1.82, 2.24) is 0 Å². The van der Waals surface area contributed by atoms with E-state index in [0.29, 0.717) is 22.8 Å². The van der Waals surface area contributed by atoms with Gasteiger partial charge in [0.15, 0.2) is 11.1 Å². The third-order valence-electron chi connectivity index (χ3n) is 3.46. The highest BCUT2D eigenvalue weighted by Gasteiger charge is 2.10. The number of hydrogen-bond acceptors (Lipinski definition) is 3. The first kappa shape index (κ1) is 16.2. The number of anilines is 1. The van der Waals surface area contributed by atoms with Crippen LogP contribution in [0.25, 0.3) is 0 Å². The van der Waals surface area contributed by atoms with E-state index in [4.69, 9.17) is 4.74 Å². The zero-order valence-corrected chi connectivity index (χ0v) is 13.7. The van der Waals surface area contributed by atoms with Crippen molar-refractivity contribution in [2.24, 2.45) is 0 Å². The van der Waals surface area contributed by atoms with Crippen molar-refractivity contribution in [3.05, 3.63) is 84.4 Å². The molecule has 24 heavy (non-hydrogen) atoms. The molecule has 0 heterocycles. The lowest BCUT2D eigenvalue weighted by Crippen LogP contribution is -2.04. The van der Waals surface area contributed by atoms with Crippen molar-refractivity contribution in [2.45, 2.75) is 11.4 Å². The van der Waals surface area contributed by atoms with Gasteiger partial charge in [-0.3, -0.25) is 0 Å². The molecular weight excluding hydrogens is 322 g/mol. The molecule has 2 N–H and O–H groups in total. The second kappa shape index (κ2) is 7.77. The van der Waals surface area contributed by atoms with Gasteiger partial charge in [0, 0.05) is 12.2 Å². The fraction of sp³-hybridized carbons (Fsp3) is 0.0526. The Labute approximate surface area is 143 Å². The second-order valence-corrected chi connectivity index (χ2v) is 6.09. The van der Waals surface area contributed by atoms with Gasteiger partial charge >= 0.3 is 0 Å². The number of para-hydroxylation sites is 2. The highest BCUT2D eigenvalue weighted by molar-refractivity contribution is 7.79. The molecule has 122 valence electrons. The van der Waals surface area contributed by atoms with Crippen LogP contribution in [0.2, 0.25) is 0 Å². The first-order chi connectivity index (χ1) is 11.7. The summed E-state index contributed by atoms with van der Waals surface area (Å²) in [4.78, 5) is 0.374. The van der Waals surface area contributed by atoms with Gasteiger partial charge in [-0.05, 0) is 48.0 Å². The zero-order chi connectivity index (χ0) is 16.8. The van der Waals surface area contributed by atoms with Crippen molar-refractivity contribution in [1.29, 1.82) is 0 Å². The number of ether oxygens (including phenoxy) is 1. The summed E-state index contributed by atoms with van der Waals surface area (Å²) in [7, 11) is 0. The van der Waals surface area contributed by atoms with Gasteiger partial charge in [-0.25, -0.2) is 4.21 Å². The van der Waals surface area contributed by atoms with Crippen LogP contribution in [0.5, 0.6) is 11.5 Å². The summed E-state index contributed by atoms with van der Waals surface area (Å²) in [6.07, 6.45) is 0. The molecule has 3 aromatic carbocycles. The van der Waals surface area contributed by atoms with E-state index in [-0.39, 0.29) is 0 Å². The van der Waals surface area contributed by atoms with Gasteiger partial charge in [0.1, 0.15) is 11.5 Å². The lowest BCUT2D eigenvalue weighted by molar-refractivity contribution is 0.481. The predicted molar refractivity (Wildman–Crippen MR) is 95.8 cm³/mol. The van der Waals surface area contributed by atoms with E-state index in [0.717, 1.165) is 11.4 Å². The highest BCUT2D eigenvalue weighted by atomic mass is 32.2. The minimum atomic E-state index is -2.05. The maximum absolute atomic E-state index is 11.5. The SMILES string of the molecule is O=S(O)c1ccc(Oc2ccccc2)cc1CNc1ccccc1. The van der Waals surface area contributed by atoms with Gasteiger partial charge in [-0.2, -0.15) is 0 Å². The summed E-state index contributed by atoms with van der Waals surface area (Å²) in [5.74, 6) is 1.35. The van der Waals surface area contributed by atoms with Crippen molar-refractivity contribution in [3.63, 3.8) is 0 Å². The summed E-state index contributed by atoms with van der Waals surface area (Å²) in [6, 6.07) is 24.2. The lowest BCUT2D eigenvalue weighted by Gasteiger charge is -2.12. The van der Waals surface area contributed by atoms with E-state index in [2.05, 4.69) is 5.32 Å². The molecule has 1 atom stereocenters. The average Bonchev–Trinajstić information content (AvgIpc) is 2.61. The van der Waals surface area contributed by atoms with Crippen LogP contribution in [0.4, 0.5) is 5.69 Å². The van der Waals surface area contributed by atoms with E-state index in [1.165, 1.54) is 0 Å². The molecule has 3 aromatic rings. The van der Waals surface area contributed by atoms with Crippen molar-refractivity contribution in [2.75, 3.05) is 5.32 Å². The van der Waals surface area contributed by atoms with Crippen molar-refractivity contribution < 1.29 is 13.5 Å². The maximum atomic E-state index is 11.5. The van der Waals surface area contributed by atoms with Crippen LogP contribution in [0, 0.1) is 0 Å². The minimum Gasteiger partial charge on any atom is -0.457 e. The molecule has 0 aliphatic rings. The highest BCUT2D eigenvalue weighted by Crippen LogP contribution is 2.26. The molecule has 0 aliphatic heterocycles. The van der Waals surface area contributed by atoms with Crippen molar-refractivity contribution >= 4 is 16.8 Å². The molecule has 0 saturated carbocycles. The van der Waals surface area contributed by atoms with E-state index >= 15 is 0 Å². The fourth-order valence-electron chi connectivity index (χ4n) is 2.31. The molecule has 0 fully saturated rings. The lowest BCUT2D eigenvalue weighted by atomic mass is 10.2. The summed E-state index contributed by atoms with van der Waals surface area (Å²) in [5.41, 5.74) is 1.66. The number of benzene rings is 3. The van der Waals surface area contributed by atoms with Gasteiger partial charge in [-0.1, -0.05) is 36.4 Å². The Kier molecular flexibility index (Phi) is 5.25. The Bertz CT molecular complexity index is 823.